The second-order valence-corrected chi connectivity index (χ2v) is 6.79. The van der Waals surface area contributed by atoms with E-state index in [1.165, 1.54) is 32.4 Å². The molecule has 1 amide bonds. The third-order valence-corrected chi connectivity index (χ3v) is 4.75. The Bertz CT molecular complexity index is 1380. The fourth-order valence-electron chi connectivity index (χ4n) is 3.35. The molecule has 2 N–H and O–H groups in total. The molecule has 164 valence electrons. The first-order chi connectivity index (χ1) is 15.2. The number of benzene rings is 1. The number of aromatic amines is 1. The molecule has 3 heterocycles. The molecule has 32 heavy (non-hydrogen) atoms. The Morgan fingerprint density at radius 3 is 2.53 bits per heavy atom. The number of anilines is 1. The van der Waals surface area contributed by atoms with Crippen molar-refractivity contribution in [2.45, 2.75) is 13.1 Å². The van der Waals surface area contributed by atoms with Crippen LogP contribution in [0.2, 0.25) is 0 Å². The lowest BCUT2D eigenvalue weighted by Gasteiger charge is -2.10. The highest BCUT2D eigenvalue weighted by atomic mass is 19.4. The number of methoxy groups -OCH3 is 1. The third kappa shape index (κ3) is 3.57. The lowest BCUT2D eigenvalue weighted by atomic mass is 10.1. The molecular weight excluding hydrogens is 427 g/mol. The number of carbonyl (C=O) groups is 1. The molecule has 4 rings (SSSR count). The number of H-pyrrole nitrogens is 1. The van der Waals surface area contributed by atoms with Crippen LogP contribution < -0.4 is 15.6 Å². The second kappa shape index (κ2) is 7.84. The summed E-state index contributed by atoms with van der Waals surface area (Å²) < 4.78 is 46.9. The van der Waals surface area contributed by atoms with Crippen molar-refractivity contribution in [3.05, 3.63) is 76.0 Å². The molecule has 0 saturated heterocycles. The second-order valence-electron chi connectivity index (χ2n) is 6.79. The zero-order chi connectivity index (χ0) is 23.0. The van der Waals surface area contributed by atoms with Crippen LogP contribution in [0.5, 0.6) is 5.75 Å². The summed E-state index contributed by atoms with van der Waals surface area (Å²) in [5.74, 6) is -0.561. The number of ether oxygens (including phenoxy) is 1. The number of aryl methyl sites for hydroxylation is 1. The first-order valence-corrected chi connectivity index (χ1v) is 9.31. The van der Waals surface area contributed by atoms with E-state index in [4.69, 9.17) is 4.74 Å². The topological polar surface area (TPSA) is 101 Å². The zero-order valence-electron chi connectivity index (χ0n) is 16.8. The number of rotatable bonds is 4. The summed E-state index contributed by atoms with van der Waals surface area (Å²) in [5, 5.41) is 5.96. The van der Waals surface area contributed by atoms with E-state index in [0.717, 1.165) is 0 Å². The number of fused-ring (bicyclic) bond motifs is 1. The number of nitrogens with one attached hydrogen (secondary N) is 2. The van der Waals surface area contributed by atoms with Gasteiger partial charge in [0.1, 0.15) is 11.2 Å². The minimum absolute atomic E-state index is 0.0558. The molecule has 4 aromatic rings. The molecule has 8 nitrogen and oxygen atoms in total. The van der Waals surface area contributed by atoms with Gasteiger partial charge in [0, 0.05) is 11.9 Å². The van der Waals surface area contributed by atoms with E-state index in [0.29, 0.717) is 4.52 Å². The van der Waals surface area contributed by atoms with Gasteiger partial charge in [-0.25, -0.2) is 4.98 Å². The molecule has 0 aliphatic rings. The highest BCUT2D eigenvalue weighted by Crippen LogP contribution is 2.38. The number of hydrogen-bond acceptors (Lipinski definition) is 5. The van der Waals surface area contributed by atoms with Crippen molar-refractivity contribution in [3.8, 4) is 16.9 Å². The van der Waals surface area contributed by atoms with Gasteiger partial charge >= 0.3 is 6.18 Å². The number of nitrogens with zero attached hydrogens (tertiary/aromatic N) is 3. The van der Waals surface area contributed by atoms with Crippen LogP contribution in [0.25, 0.3) is 16.8 Å². The average molecular weight is 443 g/mol. The fraction of sp³-hybridized carbons (Fsp3) is 0.143. The molecule has 3 aromatic heterocycles. The Hall–Kier alpha value is -4.15. The number of pyridine rings is 1. The van der Waals surface area contributed by atoms with Gasteiger partial charge in [0.05, 0.1) is 12.7 Å². The Morgan fingerprint density at radius 2 is 1.88 bits per heavy atom. The average Bonchev–Trinajstić information content (AvgIpc) is 3.15. The highest BCUT2D eigenvalue weighted by molar-refractivity contribution is 6.05. The summed E-state index contributed by atoms with van der Waals surface area (Å²) in [6, 6.07) is 10.9. The number of halogens is 3. The maximum Gasteiger partial charge on any atom is 0.435 e. The molecule has 0 spiro atoms. The molecule has 0 unspecified atom stereocenters. The van der Waals surface area contributed by atoms with Crippen LogP contribution in [0.1, 0.15) is 21.7 Å². The molecule has 0 radical (unpaired) electrons. The van der Waals surface area contributed by atoms with E-state index in [1.54, 1.807) is 30.3 Å². The SMILES string of the molecule is COc1cccnc1NC(=O)c1c(C)[nH]c2c(-c3ccccc3)c(C(F)(F)F)nn2c1=O. The van der Waals surface area contributed by atoms with Crippen LogP contribution in [0.3, 0.4) is 0 Å². The van der Waals surface area contributed by atoms with Gasteiger partial charge in [-0.2, -0.15) is 22.8 Å². The van der Waals surface area contributed by atoms with Gasteiger partial charge in [-0.05, 0) is 24.6 Å². The minimum atomic E-state index is -4.82. The number of amides is 1. The smallest absolute Gasteiger partial charge is 0.435 e. The maximum atomic E-state index is 13.7. The molecule has 0 aliphatic heterocycles. The number of carbonyl (C=O) groups excluding carboxylic acids is 1. The molecule has 0 bridgehead atoms. The number of aromatic nitrogens is 4. The standard InChI is InChI=1S/C21H16F3N5O3/c1-11-14(19(30)27-17-13(32-2)9-6-10-25-17)20(31)29-18(26-11)15(12-7-4-3-5-8-12)16(28-29)21(22,23)24/h3-10,26H,1-2H3,(H,25,27,30). The van der Waals surface area contributed by atoms with Crippen LogP contribution >= 0.6 is 0 Å². The fourth-order valence-corrected chi connectivity index (χ4v) is 3.35. The summed E-state index contributed by atoms with van der Waals surface area (Å²) in [7, 11) is 1.38. The molecule has 0 aliphatic carbocycles. The molecule has 0 saturated carbocycles. The predicted octanol–water partition coefficient (Wildman–Crippen LogP) is 3.67. The van der Waals surface area contributed by atoms with E-state index >= 15 is 0 Å². The summed E-state index contributed by atoms with van der Waals surface area (Å²) in [5.41, 5.74) is -2.80. The Balaban J connectivity index is 1.91. The maximum absolute atomic E-state index is 13.7. The Kier molecular flexibility index (Phi) is 5.17. The Labute approximate surface area is 178 Å². The van der Waals surface area contributed by atoms with E-state index in [1.807, 2.05) is 0 Å². The van der Waals surface area contributed by atoms with E-state index < -0.39 is 28.9 Å². The van der Waals surface area contributed by atoms with Gasteiger partial charge in [-0.1, -0.05) is 30.3 Å². The monoisotopic (exact) mass is 443 g/mol. The van der Waals surface area contributed by atoms with Crippen molar-refractivity contribution in [2.24, 2.45) is 0 Å². The van der Waals surface area contributed by atoms with Gasteiger partial charge < -0.3 is 15.0 Å². The van der Waals surface area contributed by atoms with E-state index in [9.17, 15) is 22.8 Å². The highest BCUT2D eigenvalue weighted by Gasteiger charge is 2.39. The normalized spacial score (nSPS) is 11.5. The summed E-state index contributed by atoms with van der Waals surface area (Å²) in [4.78, 5) is 32.6. The molecule has 0 fully saturated rings. The van der Waals surface area contributed by atoms with Crippen LogP contribution in [0, 0.1) is 6.92 Å². The molecule has 1 aromatic carbocycles. The molecular formula is C21H16F3N5O3. The van der Waals surface area contributed by atoms with Crippen molar-refractivity contribution < 1.29 is 22.7 Å². The number of alkyl halides is 3. The van der Waals surface area contributed by atoms with Gasteiger partial charge in [-0.15, -0.1) is 0 Å². The van der Waals surface area contributed by atoms with Crippen LogP contribution in [-0.2, 0) is 6.18 Å². The zero-order valence-corrected chi connectivity index (χ0v) is 16.8. The largest absolute Gasteiger partial charge is 0.493 e. The Morgan fingerprint density at radius 1 is 1.16 bits per heavy atom. The lowest BCUT2D eigenvalue weighted by molar-refractivity contribution is -0.140. The van der Waals surface area contributed by atoms with Crippen LogP contribution in [0.15, 0.2) is 53.5 Å². The first-order valence-electron chi connectivity index (χ1n) is 9.31. The van der Waals surface area contributed by atoms with Crippen molar-refractivity contribution in [3.63, 3.8) is 0 Å². The summed E-state index contributed by atoms with van der Waals surface area (Å²) >= 11 is 0. The van der Waals surface area contributed by atoms with Crippen molar-refractivity contribution in [1.29, 1.82) is 0 Å². The van der Waals surface area contributed by atoms with Gasteiger partial charge in [-0.3, -0.25) is 9.59 Å². The van der Waals surface area contributed by atoms with Crippen molar-refractivity contribution >= 4 is 17.4 Å². The van der Waals surface area contributed by atoms with Gasteiger partial charge in [0.25, 0.3) is 11.5 Å². The van der Waals surface area contributed by atoms with Crippen LogP contribution in [0.4, 0.5) is 19.0 Å². The molecule has 11 heteroatoms. The van der Waals surface area contributed by atoms with Gasteiger partial charge in [0.2, 0.25) is 0 Å². The lowest BCUT2D eigenvalue weighted by Crippen LogP contribution is -2.29. The number of hydrogen-bond donors (Lipinski definition) is 2. The quantitative estimate of drug-likeness (QED) is 0.501. The van der Waals surface area contributed by atoms with Crippen molar-refractivity contribution in [1.82, 2.24) is 19.6 Å². The third-order valence-electron chi connectivity index (χ3n) is 4.75. The van der Waals surface area contributed by atoms with E-state index in [2.05, 4.69) is 20.4 Å². The van der Waals surface area contributed by atoms with E-state index in [-0.39, 0.29) is 34.0 Å². The molecule has 0 atom stereocenters. The van der Waals surface area contributed by atoms with Crippen molar-refractivity contribution in [2.75, 3.05) is 12.4 Å². The summed E-state index contributed by atoms with van der Waals surface area (Å²) in [6.07, 6.45) is -3.41. The summed E-state index contributed by atoms with van der Waals surface area (Å²) in [6.45, 7) is 1.42. The van der Waals surface area contributed by atoms with Gasteiger partial charge in [0.15, 0.2) is 17.3 Å². The predicted molar refractivity (Wildman–Crippen MR) is 110 cm³/mol. The first kappa shape index (κ1) is 21.1. The van der Waals surface area contributed by atoms with Crippen LogP contribution in [-0.4, -0.2) is 32.6 Å². The minimum Gasteiger partial charge on any atom is -0.493 e.